The Labute approximate surface area is 145 Å². The molecule has 0 bridgehead atoms. The number of nitrogens with one attached hydrogen (secondary N) is 1. The largest absolute Gasteiger partial charge is 0.480 e. The first-order chi connectivity index (χ1) is 11.6. The highest BCUT2D eigenvalue weighted by Gasteiger charge is 2.24. The molecule has 128 valence electrons. The van der Waals surface area contributed by atoms with Gasteiger partial charge < -0.3 is 10.1 Å². The first-order valence-electron chi connectivity index (χ1n) is 7.92. The van der Waals surface area contributed by atoms with Crippen LogP contribution in [0, 0.1) is 5.92 Å². The van der Waals surface area contributed by atoms with E-state index in [1.165, 1.54) is 23.1 Å². The minimum absolute atomic E-state index is 0.0865. The summed E-state index contributed by atoms with van der Waals surface area (Å²) >= 11 is 1.53. The Balaban J connectivity index is 1.51. The lowest BCUT2D eigenvalue weighted by Gasteiger charge is -2.14. The quantitative estimate of drug-likeness (QED) is 0.860. The van der Waals surface area contributed by atoms with Gasteiger partial charge in [-0.25, -0.2) is 9.97 Å². The van der Waals surface area contributed by atoms with E-state index in [1.807, 2.05) is 12.4 Å². The number of carbonyl (C=O) groups is 1. The molecule has 3 rings (SSSR count). The summed E-state index contributed by atoms with van der Waals surface area (Å²) in [5.41, 5.74) is 0.979. The van der Waals surface area contributed by atoms with Gasteiger partial charge in [-0.15, -0.1) is 11.3 Å². The van der Waals surface area contributed by atoms with Crippen LogP contribution >= 0.6 is 11.3 Å². The maximum absolute atomic E-state index is 11.1. The van der Waals surface area contributed by atoms with E-state index in [0.29, 0.717) is 16.9 Å². The lowest BCUT2D eigenvalue weighted by molar-refractivity contribution is -0.114. The number of anilines is 1. The molecule has 0 saturated carbocycles. The molecule has 1 N–H and O–H groups in total. The molecule has 1 unspecified atom stereocenters. The third-order valence-corrected chi connectivity index (χ3v) is 4.85. The summed E-state index contributed by atoms with van der Waals surface area (Å²) < 4.78 is 5.13. The molecule has 1 saturated heterocycles. The summed E-state index contributed by atoms with van der Waals surface area (Å²) in [6.45, 7) is 4.47. The number of amides is 1. The summed E-state index contributed by atoms with van der Waals surface area (Å²) in [5, 5.41) is 3.39. The highest BCUT2D eigenvalue weighted by atomic mass is 32.1. The van der Waals surface area contributed by atoms with Crippen LogP contribution < -0.4 is 10.1 Å². The molecule has 0 aliphatic carbocycles. The fraction of sp³-hybridized carbons (Fsp3) is 0.500. The van der Waals surface area contributed by atoms with Crippen molar-refractivity contribution in [1.29, 1.82) is 0 Å². The van der Waals surface area contributed by atoms with E-state index >= 15 is 0 Å². The summed E-state index contributed by atoms with van der Waals surface area (Å²) in [6.07, 6.45) is 7.35. The Bertz CT molecular complexity index is 705. The molecule has 8 heteroatoms. The van der Waals surface area contributed by atoms with Crippen molar-refractivity contribution in [2.75, 3.05) is 25.5 Å². The first kappa shape index (κ1) is 16.8. The van der Waals surface area contributed by atoms with E-state index in [2.05, 4.69) is 25.2 Å². The molecule has 3 heterocycles. The molecule has 0 radical (unpaired) electrons. The van der Waals surface area contributed by atoms with Gasteiger partial charge >= 0.3 is 0 Å². The fourth-order valence-electron chi connectivity index (χ4n) is 2.91. The van der Waals surface area contributed by atoms with Gasteiger partial charge in [-0.05, 0) is 25.3 Å². The molecule has 2 aromatic rings. The molecule has 2 aromatic heterocycles. The van der Waals surface area contributed by atoms with Gasteiger partial charge in [0.25, 0.3) is 0 Å². The van der Waals surface area contributed by atoms with Crippen molar-refractivity contribution in [3.8, 4) is 5.88 Å². The molecule has 0 spiro atoms. The standard InChI is InChI=1S/C16H21N5O2S/c1-11(22)19-16-18-7-14(24-16)10-21-4-3-12(9-21)5-13-6-17-8-15(20-13)23-2/h6-8,12H,3-5,9-10H2,1-2H3,(H,18,19,22). The zero-order valence-corrected chi connectivity index (χ0v) is 14.7. The van der Waals surface area contributed by atoms with Crippen molar-refractivity contribution >= 4 is 22.4 Å². The number of hydrogen-bond acceptors (Lipinski definition) is 7. The summed E-state index contributed by atoms with van der Waals surface area (Å²) in [6, 6.07) is 0. The van der Waals surface area contributed by atoms with E-state index in [1.54, 1.807) is 13.3 Å². The van der Waals surface area contributed by atoms with Crippen LogP contribution in [0.1, 0.15) is 23.9 Å². The van der Waals surface area contributed by atoms with Crippen LogP contribution in [-0.2, 0) is 17.8 Å². The number of likely N-dealkylation sites (tertiary alicyclic amines) is 1. The van der Waals surface area contributed by atoms with Crippen LogP contribution in [0.2, 0.25) is 0 Å². The second-order valence-corrected chi connectivity index (χ2v) is 7.07. The Hall–Kier alpha value is -2.06. The van der Waals surface area contributed by atoms with Crippen LogP contribution in [0.15, 0.2) is 18.6 Å². The van der Waals surface area contributed by atoms with Gasteiger partial charge in [-0.1, -0.05) is 0 Å². The molecular weight excluding hydrogens is 326 g/mol. The Kier molecular flexibility index (Phi) is 5.37. The van der Waals surface area contributed by atoms with Crippen molar-refractivity contribution in [2.24, 2.45) is 5.92 Å². The second kappa shape index (κ2) is 7.67. The highest BCUT2D eigenvalue weighted by Crippen LogP contribution is 2.25. The number of rotatable bonds is 6. The molecule has 7 nitrogen and oxygen atoms in total. The molecule has 1 fully saturated rings. The molecule has 1 aliphatic heterocycles. The van der Waals surface area contributed by atoms with Crippen LogP contribution in [0.3, 0.4) is 0 Å². The van der Waals surface area contributed by atoms with Gasteiger partial charge in [0.15, 0.2) is 5.13 Å². The number of methoxy groups -OCH3 is 1. The lowest BCUT2D eigenvalue weighted by atomic mass is 10.0. The van der Waals surface area contributed by atoms with E-state index in [9.17, 15) is 4.79 Å². The Morgan fingerprint density at radius 2 is 2.33 bits per heavy atom. The van der Waals surface area contributed by atoms with E-state index in [-0.39, 0.29) is 5.91 Å². The van der Waals surface area contributed by atoms with Crippen molar-refractivity contribution < 1.29 is 9.53 Å². The van der Waals surface area contributed by atoms with Crippen LogP contribution in [-0.4, -0.2) is 46.0 Å². The molecule has 0 aromatic carbocycles. The monoisotopic (exact) mass is 347 g/mol. The predicted octanol–water partition coefficient (Wildman–Crippen LogP) is 1.96. The fourth-order valence-corrected chi connectivity index (χ4v) is 3.81. The minimum atomic E-state index is -0.0865. The summed E-state index contributed by atoms with van der Waals surface area (Å²) in [7, 11) is 1.61. The normalized spacial score (nSPS) is 17.8. The Morgan fingerprint density at radius 3 is 3.12 bits per heavy atom. The smallest absolute Gasteiger partial charge is 0.232 e. The van der Waals surface area contributed by atoms with Gasteiger partial charge in [0, 0.05) is 37.3 Å². The maximum Gasteiger partial charge on any atom is 0.232 e. The van der Waals surface area contributed by atoms with Gasteiger partial charge in [0.05, 0.1) is 19.0 Å². The molecule has 1 atom stereocenters. The summed E-state index contributed by atoms with van der Waals surface area (Å²) in [4.78, 5) is 27.5. The topological polar surface area (TPSA) is 80.2 Å². The highest BCUT2D eigenvalue weighted by molar-refractivity contribution is 7.15. The average Bonchev–Trinajstić information content (AvgIpc) is 3.17. The van der Waals surface area contributed by atoms with Gasteiger partial charge in [0.2, 0.25) is 11.8 Å². The summed E-state index contributed by atoms with van der Waals surface area (Å²) in [5.74, 6) is 1.06. The number of thiazole rings is 1. The van der Waals surface area contributed by atoms with Gasteiger partial charge in [-0.2, -0.15) is 0 Å². The van der Waals surface area contributed by atoms with E-state index < -0.39 is 0 Å². The average molecular weight is 347 g/mol. The number of nitrogens with zero attached hydrogens (tertiary/aromatic N) is 4. The number of ether oxygens (including phenoxy) is 1. The maximum atomic E-state index is 11.1. The molecule has 1 amide bonds. The number of aromatic nitrogens is 3. The first-order valence-corrected chi connectivity index (χ1v) is 8.73. The molecule has 24 heavy (non-hydrogen) atoms. The Morgan fingerprint density at radius 1 is 1.46 bits per heavy atom. The zero-order valence-electron chi connectivity index (χ0n) is 13.9. The van der Waals surface area contributed by atoms with Crippen molar-refractivity contribution in [3.05, 3.63) is 29.2 Å². The third-order valence-electron chi connectivity index (χ3n) is 3.96. The van der Waals surface area contributed by atoms with E-state index in [0.717, 1.165) is 38.2 Å². The van der Waals surface area contributed by atoms with Crippen molar-refractivity contribution in [2.45, 2.75) is 26.3 Å². The predicted molar refractivity (Wildman–Crippen MR) is 92.1 cm³/mol. The molecular formula is C16H21N5O2S. The van der Waals surface area contributed by atoms with Gasteiger partial charge in [0.1, 0.15) is 0 Å². The third kappa shape index (κ3) is 4.48. The SMILES string of the molecule is COc1cncc(CC2CCN(Cc3cnc(NC(C)=O)s3)C2)n1. The number of hydrogen-bond donors (Lipinski definition) is 1. The van der Waals surface area contributed by atoms with Crippen LogP contribution in [0.5, 0.6) is 5.88 Å². The van der Waals surface area contributed by atoms with Crippen molar-refractivity contribution in [1.82, 2.24) is 19.9 Å². The minimum Gasteiger partial charge on any atom is -0.480 e. The molecule has 1 aliphatic rings. The van der Waals surface area contributed by atoms with Gasteiger partial charge in [-0.3, -0.25) is 14.7 Å². The van der Waals surface area contributed by atoms with Crippen molar-refractivity contribution in [3.63, 3.8) is 0 Å². The van der Waals surface area contributed by atoms with Crippen LogP contribution in [0.25, 0.3) is 0 Å². The van der Waals surface area contributed by atoms with E-state index in [4.69, 9.17) is 4.74 Å². The van der Waals surface area contributed by atoms with Crippen LogP contribution in [0.4, 0.5) is 5.13 Å². The second-order valence-electron chi connectivity index (χ2n) is 5.96. The zero-order chi connectivity index (χ0) is 16.9. The lowest BCUT2D eigenvalue weighted by Crippen LogP contribution is -2.20. The number of carbonyl (C=O) groups excluding carboxylic acids is 1.